The lowest BCUT2D eigenvalue weighted by atomic mass is 10.1. The Morgan fingerprint density at radius 3 is 2.75 bits per heavy atom. The van der Waals surface area contributed by atoms with Gasteiger partial charge in [-0.05, 0) is 37.0 Å². The van der Waals surface area contributed by atoms with E-state index in [0.29, 0.717) is 26.4 Å². The molecule has 2 aromatic rings. The van der Waals surface area contributed by atoms with Crippen molar-refractivity contribution in [2.75, 3.05) is 11.9 Å². The summed E-state index contributed by atoms with van der Waals surface area (Å²) in [5.74, 6) is -0.457. The number of aryl methyl sites for hydroxylation is 1. The molecule has 1 heterocycles. The second-order valence-corrected chi connectivity index (χ2v) is 7.26. The molecular weight excluding hydrogens is 371 g/mol. The number of hydrogen-bond donors (Lipinski definition) is 2. The number of rotatable bonds is 5. The lowest BCUT2D eigenvalue weighted by molar-refractivity contribution is -0.118. The van der Waals surface area contributed by atoms with E-state index in [0.717, 1.165) is 29.7 Å². The molecule has 0 saturated carbocycles. The Morgan fingerprint density at radius 1 is 1.25 bits per heavy atom. The van der Waals surface area contributed by atoms with Gasteiger partial charge in [-0.2, -0.15) is 0 Å². The van der Waals surface area contributed by atoms with E-state index in [-0.39, 0.29) is 12.5 Å². The minimum atomic E-state index is -0.518. The minimum Gasteiger partial charge on any atom is -0.484 e. The van der Waals surface area contributed by atoms with Gasteiger partial charge in [-0.15, -0.1) is 11.3 Å². The Kier molecular flexibility index (Phi) is 4.99. The quantitative estimate of drug-likeness (QED) is 0.824. The van der Waals surface area contributed by atoms with Crippen LogP contribution in [0.1, 0.15) is 27.2 Å². The first-order valence-electron chi connectivity index (χ1n) is 7.27. The van der Waals surface area contributed by atoms with Gasteiger partial charge in [0.2, 0.25) is 0 Å². The molecule has 0 unspecified atom stereocenters. The van der Waals surface area contributed by atoms with Crippen molar-refractivity contribution >= 4 is 51.4 Å². The number of ether oxygens (including phenoxy) is 1. The van der Waals surface area contributed by atoms with Crippen molar-refractivity contribution in [3.63, 3.8) is 0 Å². The summed E-state index contributed by atoms with van der Waals surface area (Å²) in [7, 11) is 0. The van der Waals surface area contributed by atoms with Crippen LogP contribution < -0.4 is 15.8 Å². The molecule has 0 fully saturated rings. The molecule has 0 radical (unpaired) electrons. The molecule has 0 bridgehead atoms. The smallest absolute Gasteiger partial charge is 0.262 e. The van der Waals surface area contributed by atoms with E-state index in [1.54, 1.807) is 12.1 Å². The highest BCUT2D eigenvalue weighted by Crippen LogP contribution is 2.38. The van der Waals surface area contributed by atoms with Crippen LogP contribution in [-0.4, -0.2) is 18.4 Å². The van der Waals surface area contributed by atoms with Crippen LogP contribution in [-0.2, 0) is 17.6 Å². The number of benzene rings is 1. The molecule has 126 valence electrons. The lowest BCUT2D eigenvalue weighted by Gasteiger charge is -2.08. The molecule has 5 nitrogen and oxygen atoms in total. The fourth-order valence-corrected chi connectivity index (χ4v) is 4.23. The minimum absolute atomic E-state index is 0.210. The summed E-state index contributed by atoms with van der Waals surface area (Å²) in [5, 5.41) is 3.96. The summed E-state index contributed by atoms with van der Waals surface area (Å²) in [6, 6.07) is 4.74. The molecule has 1 aliphatic carbocycles. The monoisotopic (exact) mass is 384 g/mol. The molecule has 0 atom stereocenters. The second kappa shape index (κ2) is 7.01. The largest absolute Gasteiger partial charge is 0.484 e. The molecule has 1 aliphatic rings. The zero-order valence-corrected chi connectivity index (χ0v) is 14.9. The van der Waals surface area contributed by atoms with Gasteiger partial charge in [0.15, 0.2) is 6.61 Å². The fourth-order valence-electron chi connectivity index (χ4n) is 2.63. The molecule has 1 aromatic heterocycles. The van der Waals surface area contributed by atoms with Crippen molar-refractivity contribution in [2.24, 2.45) is 5.73 Å². The molecule has 0 spiro atoms. The number of halogens is 2. The Bertz CT molecular complexity index is 820. The number of fused-ring (bicyclic) bond motifs is 1. The summed E-state index contributed by atoms with van der Waals surface area (Å²) in [5.41, 5.74) is 6.85. The number of hydrogen-bond acceptors (Lipinski definition) is 4. The van der Waals surface area contributed by atoms with Crippen LogP contribution in [0.5, 0.6) is 5.75 Å². The highest BCUT2D eigenvalue weighted by Gasteiger charge is 2.26. The van der Waals surface area contributed by atoms with Gasteiger partial charge in [0, 0.05) is 10.9 Å². The van der Waals surface area contributed by atoms with Crippen LogP contribution in [0.2, 0.25) is 10.0 Å². The normalized spacial score (nSPS) is 12.8. The van der Waals surface area contributed by atoms with Gasteiger partial charge in [0.25, 0.3) is 11.8 Å². The molecule has 0 saturated heterocycles. The maximum Gasteiger partial charge on any atom is 0.262 e. The molecular formula is C16H14Cl2N2O3S. The summed E-state index contributed by atoms with van der Waals surface area (Å²) in [4.78, 5) is 24.9. The van der Waals surface area contributed by atoms with Gasteiger partial charge in [-0.25, -0.2) is 0 Å². The van der Waals surface area contributed by atoms with Gasteiger partial charge in [0.05, 0.1) is 15.6 Å². The van der Waals surface area contributed by atoms with Crippen molar-refractivity contribution in [1.29, 1.82) is 0 Å². The topological polar surface area (TPSA) is 81.4 Å². The average molecular weight is 385 g/mol. The molecule has 8 heteroatoms. The van der Waals surface area contributed by atoms with Crippen LogP contribution in [0.3, 0.4) is 0 Å². The maximum absolute atomic E-state index is 12.1. The van der Waals surface area contributed by atoms with Gasteiger partial charge < -0.3 is 15.8 Å². The molecule has 2 amide bonds. The molecule has 24 heavy (non-hydrogen) atoms. The number of nitrogens with two attached hydrogens (primary N) is 1. The Labute approximate surface area is 152 Å². The third-order valence-corrected chi connectivity index (χ3v) is 5.63. The van der Waals surface area contributed by atoms with Crippen molar-refractivity contribution < 1.29 is 14.3 Å². The molecule has 3 rings (SSSR count). The first-order chi connectivity index (χ1) is 11.5. The molecule has 3 N–H and O–H groups in total. The van der Waals surface area contributed by atoms with Gasteiger partial charge >= 0.3 is 0 Å². The van der Waals surface area contributed by atoms with Crippen LogP contribution >= 0.6 is 34.5 Å². The number of nitrogens with one attached hydrogen (secondary N) is 1. The Balaban J connectivity index is 1.67. The number of carbonyl (C=O) groups is 2. The predicted molar refractivity (Wildman–Crippen MR) is 95.4 cm³/mol. The van der Waals surface area contributed by atoms with Gasteiger partial charge in [0.1, 0.15) is 10.8 Å². The summed E-state index contributed by atoms with van der Waals surface area (Å²) in [6.07, 6.45) is 2.74. The van der Waals surface area contributed by atoms with Crippen molar-refractivity contribution in [2.45, 2.75) is 19.3 Å². The van der Waals surface area contributed by atoms with Crippen molar-refractivity contribution in [3.8, 4) is 5.75 Å². The molecule has 0 aliphatic heterocycles. The van der Waals surface area contributed by atoms with E-state index < -0.39 is 5.91 Å². The van der Waals surface area contributed by atoms with Crippen LogP contribution in [0, 0.1) is 0 Å². The molecule has 1 aromatic carbocycles. The third kappa shape index (κ3) is 3.50. The van der Waals surface area contributed by atoms with Gasteiger partial charge in [-0.3, -0.25) is 9.59 Å². The highest BCUT2D eigenvalue weighted by atomic mass is 35.5. The first-order valence-corrected chi connectivity index (χ1v) is 8.85. The Morgan fingerprint density at radius 2 is 2.04 bits per heavy atom. The van der Waals surface area contributed by atoms with Crippen LogP contribution in [0.4, 0.5) is 5.00 Å². The second-order valence-electron chi connectivity index (χ2n) is 5.34. The van der Waals surface area contributed by atoms with Crippen molar-refractivity contribution in [3.05, 3.63) is 44.2 Å². The Hall–Kier alpha value is -1.76. The summed E-state index contributed by atoms with van der Waals surface area (Å²) >= 11 is 13.1. The average Bonchev–Trinajstić information content (AvgIpc) is 3.08. The predicted octanol–water partition coefficient (Wildman–Crippen LogP) is 3.66. The SMILES string of the molecule is NC(=O)c1c(NC(=O)COc2ccc(Cl)c(Cl)c2)sc2c1CCC2. The third-order valence-electron chi connectivity index (χ3n) is 3.68. The number of thiophene rings is 1. The van der Waals surface area contributed by atoms with Crippen molar-refractivity contribution in [1.82, 2.24) is 0 Å². The van der Waals surface area contributed by atoms with E-state index >= 15 is 0 Å². The number of amides is 2. The zero-order chi connectivity index (χ0) is 17.3. The highest BCUT2D eigenvalue weighted by molar-refractivity contribution is 7.17. The fraction of sp³-hybridized carbons (Fsp3) is 0.250. The summed E-state index contributed by atoms with van der Waals surface area (Å²) < 4.78 is 5.39. The number of primary amides is 1. The van der Waals surface area contributed by atoms with Crippen LogP contribution in [0.15, 0.2) is 18.2 Å². The van der Waals surface area contributed by atoms with Crippen LogP contribution in [0.25, 0.3) is 0 Å². The summed E-state index contributed by atoms with van der Waals surface area (Å²) in [6.45, 7) is -0.210. The van der Waals surface area contributed by atoms with E-state index in [1.807, 2.05) is 0 Å². The lowest BCUT2D eigenvalue weighted by Crippen LogP contribution is -2.22. The van der Waals surface area contributed by atoms with Gasteiger partial charge in [-0.1, -0.05) is 23.2 Å². The number of carbonyl (C=O) groups excluding carboxylic acids is 2. The van der Waals surface area contributed by atoms with E-state index in [4.69, 9.17) is 33.7 Å². The van der Waals surface area contributed by atoms with E-state index in [2.05, 4.69) is 5.32 Å². The van der Waals surface area contributed by atoms with E-state index in [1.165, 1.54) is 17.4 Å². The zero-order valence-electron chi connectivity index (χ0n) is 12.5. The standard InChI is InChI=1S/C16H14Cl2N2O3S/c17-10-5-4-8(6-11(10)18)23-7-13(21)20-16-14(15(19)22)9-2-1-3-12(9)24-16/h4-6H,1-3,7H2,(H2,19,22)(H,20,21). The van der Waals surface area contributed by atoms with E-state index in [9.17, 15) is 9.59 Å². The first kappa shape index (κ1) is 17.1. The number of anilines is 1. The maximum atomic E-state index is 12.1.